The number of benzene rings is 2. The number of hydrogen-bond acceptors (Lipinski definition) is 6. The van der Waals surface area contributed by atoms with Crippen LogP contribution in [0.25, 0.3) is 0 Å². The first-order valence-electron chi connectivity index (χ1n) is 8.24. The molecular weight excluding hydrogens is 350 g/mol. The van der Waals surface area contributed by atoms with E-state index < -0.39 is 0 Å². The summed E-state index contributed by atoms with van der Waals surface area (Å²) in [5.74, 6) is 1.20. The molecule has 1 amide bonds. The lowest BCUT2D eigenvalue weighted by Gasteiger charge is -2.08. The third kappa shape index (κ3) is 3.34. The molecule has 7 heteroatoms. The number of hydrogen-bond donors (Lipinski definition) is 2. The van der Waals surface area contributed by atoms with E-state index in [2.05, 4.69) is 22.5 Å². The Balaban J connectivity index is 1.46. The van der Waals surface area contributed by atoms with Gasteiger partial charge in [-0.1, -0.05) is 25.1 Å². The summed E-state index contributed by atoms with van der Waals surface area (Å²) in [6, 6.07) is 13.3. The molecule has 6 nitrogen and oxygen atoms in total. The van der Waals surface area contributed by atoms with Gasteiger partial charge in [0, 0.05) is 22.8 Å². The van der Waals surface area contributed by atoms with Crippen LogP contribution in [0.3, 0.4) is 0 Å². The number of nitrogens with zero attached hydrogens (tertiary/aromatic N) is 1. The largest absolute Gasteiger partial charge is 0.454 e. The van der Waals surface area contributed by atoms with Crippen LogP contribution in [0, 0.1) is 0 Å². The van der Waals surface area contributed by atoms with Crippen molar-refractivity contribution in [2.45, 2.75) is 13.3 Å². The van der Waals surface area contributed by atoms with Crippen LogP contribution in [-0.4, -0.2) is 17.7 Å². The van der Waals surface area contributed by atoms with E-state index in [1.54, 1.807) is 5.38 Å². The summed E-state index contributed by atoms with van der Waals surface area (Å²) in [7, 11) is 0. The second-order valence-electron chi connectivity index (χ2n) is 5.70. The van der Waals surface area contributed by atoms with Crippen LogP contribution in [0.5, 0.6) is 11.5 Å². The van der Waals surface area contributed by atoms with E-state index in [1.807, 2.05) is 42.5 Å². The second kappa shape index (κ2) is 7.05. The Labute approximate surface area is 154 Å². The molecule has 0 fully saturated rings. The molecule has 4 rings (SSSR count). The number of carbonyl (C=O) groups excluding carboxylic acids is 1. The zero-order valence-corrected chi connectivity index (χ0v) is 14.9. The monoisotopic (exact) mass is 367 g/mol. The van der Waals surface area contributed by atoms with Gasteiger partial charge in [-0.2, -0.15) is 0 Å². The first-order chi connectivity index (χ1) is 12.7. The molecule has 1 aliphatic rings. The summed E-state index contributed by atoms with van der Waals surface area (Å²) < 4.78 is 10.7. The van der Waals surface area contributed by atoms with Gasteiger partial charge in [-0.15, -0.1) is 11.3 Å². The quantitative estimate of drug-likeness (QED) is 0.698. The maximum atomic E-state index is 12.5. The van der Waals surface area contributed by atoms with Gasteiger partial charge in [-0.25, -0.2) is 4.98 Å². The lowest BCUT2D eigenvalue weighted by atomic mass is 10.1. The molecule has 2 heterocycles. The van der Waals surface area contributed by atoms with Gasteiger partial charge in [0.15, 0.2) is 16.6 Å². The van der Waals surface area contributed by atoms with Crippen molar-refractivity contribution < 1.29 is 14.3 Å². The second-order valence-corrected chi connectivity index (χ2v) is 6.55. The highest BCUT2D eigenvalue weighted by atomic mass is 32.1. The van der Waals surface area contributed by atoms with Gasteiger partial charge < -0.3 is 20.1 Å². The summed E-state index contributed by atoms with van der Waals surface area (Å²) in [4.78, 5) is 16.8. The number of fused-ring (bicyclic) bond motifs is 1. The fourth-order valence-electron chi connectivity index (χ4n) is 2.67. The normalized spacial score (nSPS) is 12.0. The van der Waals surface area contributed by atoms with Crippen LogP contribution in [0.4, 0.5) is 16.5 Å². The number of thiazole rings is 1. The summed E-state index contributed by atoms with van der Waals surface area (Å²) in [6.45, 7) is 2.29. The van der Waals surface area contributed by atoms with Gasteiger partial charge in [0.05, 0.1) is 0 Å². The first-order valence-corrected chi connectivity index (χ1v) is 9.12. The third-order valence-corrected chi connectivity index (χ3v) is 4.76. The number of para-hydroxylation sites is 1. The number of ether oxygens (including phenoxy) is 2. The number of rotatable bonds is 5. The van der Waals surface area contributed by atoms with Gasteiger partial charge in [-0.3, -0.25) is 4.79 Å². The molecule has 132 valence electrons. The topological polar surface area (TPSA) is 72.5 Å². The molecule has 0 radical (unpaired) electrons. The van der Waals surface area contributed by atoms with Crippen molar-refractivity contribution in [2.75, 3.05) is 17.4 Å². The SMILES string of the molecule is CCc1ccccc1NC(=O)c1csc(Nc2ccc3c(c2)OCO3)n1. The Hall–Kier alpha value is -3.06. The Morgan fingerprint density at radius 1 is 1.19 bits per heavy atom. The minimum absolute atomic E-state index is 0.221. The van der Waals surface area contributed by atoms with Crippen molar-refractivity contribution in [3.63, 3.8) is 0 Å². The molecule has 0 saturated carbocycles. The molecule has 1 aromatic heterocycles. The van der Waals surface area contributed by atoms with Crippen molar-refractivity contribution >= 4 is 33.8 Å². The molecule has 2 aromatic carbocycles. The molecule has 0 bridgehead atoms. The molecule has 1 aliphatic heterocycles. The van der Waals surface area contributed by atoms with Crippen molar-refractivity contribution in [3.8, 4) is 11.5 Å². The van der Waals surface area contributed by atoms with E-state index in [0.717, 1.165) is 29.1 Å². The molecule has 2 N–H and O–H groups in total. The molecule has 26 heavy (non-hydrogen) atoms. The van der Waals surface area contributed by atoms with Crippen LogP contribution in [0.1, 0.15) is 23.0 Å². The van der Waals surface area contributed by atoms with E-state index in [9.17, 15) is 4.79 Å². The Kier molecular flexibility index (Phi) is 4.45. The Morgan fingerprint density at radius 2 is 2.04 bits per heavy atom. The summed E-state index contributed by atoms with van der Waals surface area (Å²) in [6.07, 6.45) is 0.852. The molecule has 0 aliphatic carbocycles. The van der Waals surface area contributed by atoms with Gasteiger partial charge >= 0.3 is 0 Å². The number of anilines is 3. The predicted octanol–water partition coefficient (Wildman–Crippen LogP) is 4.43. The number of nitrogens with one attached hydrogen (secondary N) is 2. The van der Waals surface area contributed by atoms with Crippen molar-refractivity contribution in [3.05, 3.63) is 59.1 Å². The minimum atomic E-state index is -0.221. The maximum absolute atomic E-state index is 12.5. The zero-order chi connectivity index (χ0) is 17.9. The smallest absolute Gasteiger partial charge is 0.275 e. The number of aryl methyl sites for hydroxylation is 1. The lowest BCUT2D eigenvalue weighted by molar-refractivity contribution is 0.102. The lowest BCUT2D eigenvalue weighted by Crippen LogP contribution is -2.13. The number of aromatic nitrogens is 1. The van der Waals surface area contributed by atoms with Gasteiger partial charge in [0.1, 0.15) is 5.69 Å². The van der Waals surface area contributed by atoms with Crippen LogP contribution >= 0.6 is 11.3 Å². The van der Waals surface area contributed by atoms with E-state index >= 15 is 0 Å². The zero-order valence-electron chi connectivity index (χ0n) is 14.1. The molecule has 0 spiro atoms. The average Bonchev–Trinajstić information content (AvgIpc) is 3.31. The van der Waals surface area contributed by atoms with E-state index in [0.29, 0.717) is 16.6 Å². The minimum Gasteiger partial charge on any atom is -0.454 e. The van der Waals surface area contributed by atoms with Crippen LogP contribution in [0.2, 0.25) is 0 Å². The molecular formula is C19H17N3O3S. The van der Waals surface area contributed by atoms with Crippen LogP contribution in [-0.2, 0) is 6.42 Å². The molecule has 0 saturated heterocycles. The number of amides is 1. The summed E-state index contributed by atoms with van der Waals surface area (Å²) >= 11 is 1.37. The van der Waals surface area contributed by atoms with Crippen LogP contribution in [0.15, 0.2) is 47.8 Å². The fourth-order valence-corrected chi connectivity index (χ4v) is 3.38. The van der Waals surface area contributed by atoms with Gasteiger partial charge in [0.25, 0.3) is 5.91 Å². The standard InChI is InChI=1S/C19H17N3O3S/c1-2-12-5-3-4-6-14(12)21-18(23)15-10-26-19(22-15)20-13-7-8-16-17(9-13)25-11-24-16/h3-10H,2,11H2,1H3,(H,20,22)(H,21,23). The summed E-state index contributed by atoms with van der Waals surface area (Å²) in [5.41, 5.74) is 3.11. The highest BCUT2D eigenvalue weighted by Gasteiger charge is 2.15. The third-order valence-electron chi connectivity index (χ3n) is 4.01. The highest BCUT2D eigenvalue weighted by Crippen LogP contribution is 2.35. The van der Waals surface area contributed by atoms with E-state index in [-0.39, 0.29) is 12.7 Å². The van der Waals surface area contributed by atoms with Gasteiger partial charge in [-0.05, 0) is 30.2 Å². The molecule has 3 aromatic rings. The Morgan fingerprint density at radius 3 is 2.92 bits per heavy atom. The average molecular weight is 367 g/mol. The molecule has 0 atom stereocenters. The van der Waals surface area contributed by atoms with Gasteiger partial charge in [0.2, 0.25) is 6.79 Å². The maximum Gasteiger partial charge on any atom is 0.275 e. The summed E-state index contributed by atoms with van der Waals surface area (Å²) in [5, 5.41) is 8.49. The highest BCUT2D eigenvalue weighted by molar-refractivity contribution is 7.14. The number of carbonyl (C=O) groups is 1. The van der Waals surface area contributed by atoms with Crippen LogP contribution < -0.4 is 20.1 Å². The van der Waals surface area contributed by atoms with E-state index in [4.69, 9.17) is 9.47 Å². The molecule has 0 unspecified atom stereocenters. The predicted molar refractivity (Wildman–Crippen MR) is 102 cm³/mol. The van der Waals surface area contributed by atoms with Crippen molar-refractivity contribution in [2.24, 2.45) is 0 Å². The fraction of sp³-hybridized carbons (Fsp3) is 0.158. The Bertz CT molecular complexity index is 955. The first kappa shape index (κ1) is 16.4. The van der Waals surface area contributed by atoms with Crippen molar-refractivity contribution in [1.82, 2.24) is 4.98 Å². The van der Waals surface area contributed by atoms with E-state index in [1.165, 1.54) is 11.3 Å². The van der Waals surface area contributed by atoms with Crippen molar-refractivity contribution in [1.29, 1.82) is 0 Å².